The van der Waals surface area contributed by atoms with Crippen molar-refractivity contribution in [1.29, 1.82) is 0 Å². The number of carbonyl (C=O) groups excluding carboxylic acids is 1. The van der Waals surface area contributed by atoms with E-state index in [2.05, 4.69) is 38.9 Å². The number of hydrazine groups is 1. The minimum absolute atomic E-state index is 0.208. The van der Waals surface area contributed by atoms with E-state index in [1.807, 2.05) is 36.4 Å². The van der Waals surface area contributed by atoms with E-state index in [0.29, 0.717) is 18.5 Å². The number of aromatic amines is 1. The van der Waals surface area contributed by atoms with Crippen molar-refractivity contribution in [3.05, 3.63) is 60.2 Å². The van der Waals surface area contributed by atoms with Crippen LogP contribution >= 0.6 is 0 Å². The Kier molecular flexibility index (Phi) is 5.19. The summed E-state index contributed by atoms with van der Waals surface area (Å²) in [4.78, 5) is 19.4. The Morgan fingerprint density at radius 1 is 1.03 bits per heavy atom. The van der Waals surface area contributed by atoms with Crippen LogP contribution in [0.25, 0.3) is 22.2 Å². The number of piperidine rings is 1. The largest absolute Gasteiger partial charge is 0.354 e. The molecule has 5 nitrogen and oxygen atoms in total. The van der Waals surface area contributed by atoms with Crippen LogP contribution in [0.2, 0.25) is 0 Å². The van der Waals surface area contributed by atoms with Gasteiger partial charge in [0, 0.05) is 30.0 Å². The number of nitrogens with zero attached hydrogens (tertiary/aromatic N) is 1. The van der Waals surface area contributed by atoms with Crippen molar-refractivity contribution < 1.29 is 4.79 Å². The Labute approximate surface area is 171 Å². The molecule has 0 aliphatic carbocycles. The lowest BCUT2D eigenvalue weighted by atomic mass is 9.89. The molecule has 1 aromatic heterocycles. The molecule has 2 aliphatic heterocycles. The number of benzene rings is 2. The third-order valence-corrected chi connectivity index (χ3v) is 6.39. The van der Waals surface area contributed by atoms with Crippen molar-refractivity contribution in [2.24, 2.45) is 5.92 Å². The number of rotatable bonds is 5. The van der Waals surface area contributed by atoms with Crippen LogP contribution in [0.1, 0.15) is 29.6 Å². The Hall–Kier alpha value is -2.47. The molecule has 0 radical (unpaired) electrons. The lowest BCUT2D eigenvalue weighted by molar-refractivity contribution is 0.0869. The minimum Gasteiger partial charge on any atom is -0.354 e. The van der Waals surface area contributed by atoms with Crippen LogP contribution < -0.4 is 10.9 Å². The second-order valence-corrected chi connectivity index (χ2v) is 8.31. The van der Waals surface area contributed by atoms with Gasteiger partial charge in [-0.2, -0.15) is 0 Å². The molecule has 2 aliphatic rings. The maximum absolute atomic E-state index is 13.5. The molecule has 2 atom stereocenters. The molecule has 3 aromatic rings. The number of ketones is 1. The summed E-state index contributed by atoms with van der Waals surface area (Å²) in [6, 6.07) is 18.8. The van der Waals surface area contributed by atoms with Crippen LogP contribution in [-0.2, 0) is 0 Å². The second kappa shape index (κ2) is 8.11. The van der Waals surface area contributed by atoms with Crippen molar-refractivity contribution in [3.63, 3.8) is 0 Å². The monoisotopic (exact) mass is 388 g/mol. The highest BCUT2D eigenvalue weighted by atomic mass is 16.1. The molecule has 29 heavy (non-hydrogen) atoms. The summed E-state index contributed by atoms with van der Waals surface area (Å²) in [6.07, 6.45) is 3.58. The van der Waals surface area contributed by atoms with E-state index >= 15 is 0 Å². The molecule has 0 spiro atoms. The average molecular weight is 389 g/mol. The molecule has 5 heteroatoms. The first-order valence-corrected chi connectivity index (χ1v) is 10.7. The van der Waals surface area contributed by atoms with Gasteiger partial charge in [0.2, 0.25) is 0 Å². The van der Waals surface area contributed by atoms with Crippen LogP contribution in [0.3, 0.4) is 0 Å². The SMILES string of the molecule is O=C(CN1CCCC(C2CCNN2)C1)c1c(-c2ccccc2)[nH]c2ccccc12. The zero-order valence-corrected chi connectivity index (χ0v) is 16.7. The molecule has 2 unspecified atom stereocenters. The third-order valence-electron chi connectivity index (χ3n) is 6.39. The number of para-hydroxylation sites is 1. The van der Waals surface area contributed by atoms with Gasteiger partial charge in [-0.15, -0.1) is 0 Å². The summed E-state index contributed by atoms with van der Waals surface area (Å²) in [5.74, 6) is 0.822. The van der Waals surface area contributed by atoms with Gasteiger partial charge in [-0.05, 0) is 43.4 Å². The van der Waals surface area contributed by atoms with E-state index in [-0.39, 0.29) is 5.78 Å². The molecular weight excluding hydrogens is 360 g/mol. The van der Waals surface area contributed by atoms with Gasteiger partial charge in [0.15, 0.2) is 5.78 Å². The van der Waals surface area contributed by atoms with Crippen LogP contribution in [-0.4, -0.2) is 47.9 Å². The summed E-state index contributed by atoms with van der Waals surface area (Å²) >= 11 is 0. The number of likely N-dealkylation sites (tertiary alicyclic amines) is 1. The van der Waals surface area contributed by atoms with Crippen LogP contribution in [0.4, 0.5) is 0 Å². The highest BCUT2D eigenvalue weighted by molar-refractivity contribution is 6.14. The average Bonchev–Trinajstić information content (AvgIpc) is 3.43. The molecule has 2 aromatic carbocycles. The summed E-state index contributed by atoms with van der Waals surface area (Å²) in [5, 5.41) is 1.02. The first kappa shape index (κ1) is 18.6. The van der Waals surface area contributed by atoms with Crippen LogP contribution in [0.5, 0.6) is 0 Å². The molecule has 2 fully saturated rings. The summed E-state index contributed by atoms with van der Waals surface area (Å²) in [6.45, 7) is 3.52. The third kappa shape index (κ3) is 3.73. The van der Waals surface area contributed by atoms with E-state index in [1.54, 1.807) is 0 Å². The van der Waals surface area contributed by atoms with Gasteiger partial charge in [-0.3, -0.25) is 20.5 Å². The fraction of sp³-hybridized carbons (Fsp3) is 0.375. The minimum atomic E-state index is 0.208. The fourth-order valence-corrected chi connectivity index (χ4v) is 4.96. The Bertz CT molecular complexity index is 991. The van der Waals surface area contributed by atoms with Gasteiger partial charge < -0.3 is 4.98 Å². The predicted molar refractivity (Wildman–Crippen MR) is 117 cm³/mol. The van der Waals surface area contributed by atoms with Gasteiger partial charge in [-0.25, -0.2) is 0 Å². The quantitative estimate of drug-likeness (QED) is 0.585. The van der Waals surface area contributed by atoms with Gasteiger partial charge in [0.25, 0.3) is 0 Å². The predicted octanol–water partition coefficient (Wildman–Crippen LogP) is 3.60. The smallest absolute Gasteiger partial charge is 0.179 e. The highest BCUT2D eigenvalue weighted by Crippen LogP contribution is 2.31. The van der Waals surface area contributed by atoms with E-state index in [0.717, 1.165) is 53.8 Å². The van der Waals surface area contributed by atoms with Crippen molar-refractivity contribution in [3.8, 4) is 11.3 Å². The maximum Gasteiger partial charge on any atom is 0.179 e. The number of aromatic nitrogens is 1. The van der Waals surface area contributed by atoms with Gasteiger partial charge in [0.05, 0.1) is 17.8 Å². The molecule has 0 bridgehead atoms. The second-order valence-electron chi connectivity index (χ2n) is 8.31. The molecule has 0 saturated carbocycles. The Morgan fingerprint density at radius 2 is 1.86 bits per heavy atom. The summed E-state index contributed by atoms with van der Waals surface area (Å²) < 4.78 is 0. The van der Waals surface area contributed by atoms with Crippen LogP contribution in [0, 0.1) is 5.92 Å². The number of hydrogen-bond acceptors (Lipinski definition) is 4. The zero-order chi connectivity index (χ0) is 19.6. The normalized spacial score (nSPS) is 22.9. The van der Waals surface area contributed by atoms with E-state index in [4.69, 9.17) is 0 Å². The molecule has 150 valence electrons. The van der Waals surface area contributed by atoms with Crippen molar-refractivity contribution >= 4 is 16.7 Å². The van der Waals surface area contributed by atoms with Crippen molar-refractivity contribution in [1.82, 2.24) is 20.7 Å². The molecule has 3 heterocycles. The zero-order valence-electron chi connectivity index (χ0n) is 16.7. The highest BCUT2D eigenvalue weighted by Gasteiger charge is 2.30. The van der Waals surface area contributed by atoms with E-state index in [9.17, 15) is 4.79 Å². The summed E-state index contributed by atoms with van der Waals surface area (Å²) in [7, 11) is 0. The first-order chi connectivity index (χ1) is 14.3. The Morgan fingerprint density at radius 3 is 2.69 bits per heavy atom. The van der Waals surface area contributed by atoms with Crippen molar-refractivity contribution in [2.75, 3.05) is 26.2 Å². The topological polar surface area (TPSA) is 60.2 Å². The first-order valence-electron chi connectivity index (χ1n) is 10.7. The van der Waals surface area contributed by atoms with E-state index < -0.39 is 0 Å². The molecule has 2 saturated heterocycles. The lowest BCUT2D eigenvalue weighted by Crippen LogP contribution is -2.46. The lowest BCUT2D eigenvalue weighted by Gasteiger charge is -2.35. The molecular formula is C24H28N4O. The summed E-state index contributed by atoms with van der Waals surface area (Å²) in [5.41, 5.74) is 10.5. The van der Waals surface area contributed by atoms with Gasteiger partial charge in [0.1, 0.15) is 0 Å². The molecule has 0 amide bonds. The molecule has 3 N–H and O–H groups in total. The standard InChI is InChI=1S/C24H28N4O/c29-22(16-28-14-6-9-18(15-28)20-12-13-25-27-20)23-19-10-4-5-11-21(19)26-24(23)17-7-2-1-3-8-17/h1-5,7-8,10-11,18,20,25-27H,6,9,12-16H2. The fourth-order valence-electron chi connectivity index (χ4n) is 4.96. The Balaban J connectivity index is 1.42. The number of nitrogens with one attached hydrogen (secondary N) is 3. The number of H-pyrrole nitrogens is 1. The van der Waals surface area contributed by atoms with Crippen LogP contribution in [0.15, 0.2) is 54.6 Å². The number of fused-ring (bicyclic) bond motifs is 1. The number of Topliss-reactive ketones (excluding diaryl/α,β-unsaturated/α-hetero) is 1. The number of hydrogen-bond donors (Lipinski definition) is 3. The van der Waals surface area contributed by atoms with Gasteiger partial charge >= 0.3 is 0 Å². The van der Waals surface area contributed by atoms with E-state index in [1.165, 1.54) is 12.8 Å². The number of carbonyl (C=O) groups is 1. The molecule has 5 rings (SSSR count). The van der Waals surface area contributed by atoms with Crippen molar-refractivity contribution in [2.45, 2.75) is 25.3 Å². The maximum atomic E-state index is 13.5. The van der Waals surface area contributed by atoms with Gasteiger partial charge in [-0.1, -0.05) is 48.5 Å².